The molecule has 1 aromatic carbocycles. The molecule has 4 heteroatoms. The van der Waals surface area contributed by atoms with Crippen LogP contribution in [0.15, 0.2) is 18.2 Å². The predicted octanol–water partition coefficient (Wildman–Crippen LogP) is 2.74. The average molecular weight is 247 g/mol. The number of hydrogen-bond donors (Lipinski definition) is 1. The number of methoxy groups -OCH3 is 1. The fraction of sp³-hybridized carbons (Fsp3) is 0.357. The van der Waals surface area contributed by atoms with E-state index in [1.807, 2.05) is 29.7 Å². The zero-order chi connectivity index (χ0) is 13.3. The fourth-order valence-electron chi connectivity index (χ4n) is 2.25. The number of hydrogen-bond acceptors (Lipinski definition) is 2. The van der Waals surface area contributed by atoms with Crippen molar-refractivity contribution in [2.24, 2.45) is 0 Å². The lowest BCUT2D eigenvalue weighted by Crippen LogP contribution is -2.06. The Bertz CT molecular complexity index is 599. The molecule has 4 nitrogen and oxygen atoms in total. The largest absolute Gasteiger partial charge is 0.497 e. The number of fused-ring (bicyclic) bond motifs is 1. The van der Waals surface area contributed by atoms with E-state index in [0.717, 1.165) is 22.3 Å². The zero-order valence-corrected chi connectivity index (χ0v) is 10.9. The van der Waals surface area contributed by atoms with E-state index >= 15 is 0 Å². The van der Waals surface area contributed by atoms with Crippen molar-refractivity contribution in [1.82, 2.24) is 4.57 Å². The van der Waals surface area contributed by atoms with Gasteiger partial charge in [0, 0.05) is 23.7 Å². The molecule has 0 saturated heterocycles. The molecule has 2 aromatic rings. The second-order valence-corrected chi connectivity index (χ2v) is 4.39. The number of benzene rings is 1. The van der Waals surface area contributed by atoms with E-state index in [1.165, 1.54) is 5.56 Å². The number of nitrogens with zero attached hydrogens (tertiary/aromatic N) is 1. The Labute approximate surface area is 106 Å². The molecule has 0 aliphatic heterocycles. The third-order valence-corrected chi connectivity index (χ3v) is 3.40. The third-order valence-electron chi connectivity index (χ3n) is 3.40. The molecule has 1 N–H and O–H groups in total. The van der Waals surface area contributed by atoms with Crippen molar-refractivity contribution in [3.8, 4) is 5.75 Å². The van der Waals surface area contributed by atoms with Gasteiger partial charge in [0.2, 0.25) is 0 Å². The minimum absolute atomic E-state index is 0.126. The molecule has 1 aromatic heterocycles. The highest BCUT2D eigenvalue weighted by Gasteiger charge is 2.12. The number of carboxylic acids is 1. The van der Waals surface area contributed by atoms with Gasteiger partial charge in [0.15, 0.2) is 0 Å². The molecule has 96 valence electrons. The highest BCUT2D eigenvalue weighted by molar-refractivity contribution is 5.86. The standard InChI is InChI=1S/C14H17NO3/c1-9-10(2)15(7-6-14(16)17)13-8-11(18-3)4-5-12(9)13/h4-5,8H,6-7H2,1-3H3,(H,16,17). The minimum Gasteiger partial charge on any atom is -0.497 e. The van der Waals surface area contributed by atoms with Gasteiger partial charge >= 0.3 is 5.97 Å². The zero-order valence-electron chi connectivity index (χ0n) is 10.9. The molecule has 18 heavy (non-hydrogen) atoms. The topological polar surface area (TPSA) is 51.5 Å². The first-order valence-corrected chi connectivity index (χ1v) is 5.90. The van der Waals surface area contributed by atoms with E-state index in [2.05, 4.69) is 6.92 Å². The molecule has 0 atom stereocenters. The predicted molar refractivity (Wildman–Crippen MR) is 70.2 cm³/mol. The summed E-state index contributed by atoms with van der Waals surface area (Å²) in [7, 11) is 1.63. The Kier molecular flexibility index (Phi) is 3.28. The third kappa shape index (κ3) is 2.06. The Morgan fingerprint density at radius 3 is 2.72 bits per heavy atom. The molecule has 0 aliphatic rings. The fourth-order valence-corrected chi connectivity index (χ4v) is 2.25. The van der Waals surface area contributed by atoms with Crippen molar-refractivity contribution in [3.05, 3.63) is 29.5 Å². The first kappa shape index (κ1) is 12.5. The molecular formula is C14H17NO3. The average Bonchev–Trinajstić information content (AvgIpc) is 2.59. The molecule has 0 amide bonds. The van der Waals surface area contributed by atoms with Gasteiger partial charge in [-0.3, -0.25) is 4.79 Å². The van der Waals surface area contributed by atoms with Crippen LogP contribution in [0.3, 0.4) is 0 Å². The van der Waals surface area contributed by atoms with E-state index in [-0.39, 0.29) is 6.42 Å². The summed E-state index contributed by atoms with van der Waals surface area (Å²) in [6.07, 6.45) is 0.126. The van der Waals surface area contributed by atoms with E-state index < -0.39 is 5.97 Å². The van der Waals surface area contributed by atoms with Crippen molar-refractivity contribution in [1.29, 1.82) is 0 Å². The Hall–Kier alpha value is -1.97. The van der Waals surface area contributed by atoms with Crippen molar-refractivity contribution >= 4 is 16.9 Å². The molecule has 0 saturated carbocycles. The molecule has 0 aliphatic carbocycles. The molecule has 0 spiro atoms. The van der Waals surface area contributed by atoms with Crippen molar-refractivity contribution in [2.75, 3.05) is 7.11 Å². The number of carboxylic acid groups (broad SMARTS) is 1. The summed E-state index contributed by atoms with van der Waals surface area (Å²) < 4.78 is 7.27. The van der Waals surface area contributed by atoms with Crippen LogP contribution in [-0.4, -0.2) is 22.8 Å². The molecular weight excluding hydrogens is 230 g/mol. The smallest absolute Gasteiger partial charge is 0.305 e. The van der Waals surface area contributed by atoms with E-state index in [4.69, 9.17) is 9.84 Å². The van der Waals surface area contributed by atoms with Crippen molar-refractivity contribution in [3.63, 3.8) is 0 Å². The van der Waals surface area contributed by atoms with Gasteiger partial charge in [-0.1, -0.05) is 0 Å². The van der Waals surface area contributed by atoms with Crippen molar-refractivity contribution < 1.29 is 14.6 Å². The number of aliphatic carboxylic acids is 1. The van der Waals surface area contributed by atoms with Crippen LogP contribution in [0.5, 0.6) is 5.75 Å². The van der Waals surface area contributed by atoms with E-state index in [9.17, 15) is 4.79 Å². The number of ether oxygens (including phenoxy) is 1. The van der Waals surface area contributed by atoms with Crippen LogP contribution in [0.1, 0.15) is 17.7 Å². The van der Waals surface area contributed by atoms with Gasteiger partial charge in [-0.05, 0) is 31.5 Å². The second-order valence-electron chi connectivity index (χ2n) is 4.39. The second kappa shape index (κ2) is 4.72. The van der Waals surface area contributed by atoms with Crippen LogP contribution in [0, 0.1) is 13.8 Å². The SMILES string of the molecule is COc1ccc2c(C)c(C)n(CCC(=O)O)c2c1. The summed E-state index contributed by atoms with van der Waals surface area (Å²) in [6, 6.07) is 5.90. The normalized spacial score (nSPS) is 10.8. The number of rotatable bonds is 4. The Balaban J connectivity index is 2.55. The monoisotopic (exact) mass is 247 g/mol. The molecule has 1 heterocycles. The maximum absolute atomic E-state index is 10.7. The van der Waals surface area contributed by atoms with Gasteiger partial charge in [-0.25, -0.2) is 0 Å². The van der Waals surface area contributed by atoms with Crippen LogP contribution in [0.25, 0.3) is 10.9 Å². The van der Waals surface area contributed by atoms with Gasteiger partial charge in [0.05, 0.1) is 19.0 Å². The van der Waals surface area contributed by atoms with Gasteiger partial charge in [-0.15, -0.1) is 0 Å². The Morgan fingerprint density at radius 2 is 2.11 bits per heavy atom. The quantitative estimate of drug-likeness (QED) is 0.903. The highest BCUT2D eigenvalue weighted by atomic mass is 16.5. The lowest BCUT2D eigenvalue weighted by Gasteiger charge is -2.07. The number of aromatic nitrogens is 1. The maximum Gasteiger partial charge on any atom is 0.305 e. The van der Waals surface area contributed by atoms with Crippen molar-refractivity contribution in [2.45, 2.75) is 26.8 Å². The van der Waals surface area contributed by atoms with E-state index in [1.54, 1.807) is 7.11 Å². The summed E-state index contributed by atoms with van der Waals surface area (Å²) in [5.41, 5.74) is 3.34. The van der Waals surface area contributed by atoms with Crippen LogP contribution < -0.4 is 4.74 Å². The van der Waals surface area contributed by atoms with Gasteiger partial charge in [-0.2, -0.15) is 0 Å². The van der Waals surface area contributed by atoms with Crippen LogP contribution in [0.2, 0.25) is 0 Å². The van der Waals surface area contributed by atoms with Crippen LogP contribution in [0.4, 0.5) is 0 Å². The first-order valence-electron chi connectivity index (χ1n) is 5.90. The highest BCUT2D eigenvalue weighted by Crippen LogP contribution is 2.28. The first-order chi connectivity index (χ1) is 8.54. The van der Waals surface area contributed by atoms with Crippen LogP contribution in [-0.2, 0) is 11.3 Å². The summed E-state index contributed by atoms with van der Waals surface area (Å²) >= 11 is 0. The summed E-state index contributed by atoms with van der Waals surface area (Å²) in [5.74, 6) is 0.00775. The molecule has 2 rings (SSSR count). The number of carbonyl (C=O) groups is 1. The molecule has 0 bridgehead atoms. The summed E-state index contributed by atoms with van der Waals surface area (Å²) in [4.78, 5) is 10.7. The summed E-state index contributed by atoms with van der Waals surface area (Å²) in [5, 5.41) is 9.96. The maximum atomic E-state index is 10.7. The van der Waals surface area contributed by atoms with Gasteiger partial charge in [0.1, 0.15) is 5.75 Å². The lowest BCUT2D eigenvalue weighted by molar-refractivity contribution is -0.137. The minimum atomic E-state index is -0.781. The van der Waals surface area contributed by atoms with Gasteiger partial charge < -0.3 is 14.4 Å². The molecule has 0 unspecified atom stereocenters. The van der Waals surface area contributed by atoms with Gasteiger partial charge in [0.25, 0.3) is 0 Å². The Morgan fingerprint density at radius 1 is 1.39 bits per heavy atom. The molecule has 0 radical (unpaired) electrons. The van der Waals surface area contributed by atoms with Crippen LogP contribution >= 0.6 is 0 Å². The molecule has 0 fully saturated rings. The lowest BCUT2D eigenvalue weighted by atomic mass is 10.1. The summed E-state index contributed by atoms with van der Waals surface area (Å²) in [6.45, 7) is 4.56. The van der Waals surface area contributed by atoms with E-state index in [0.29, 0.717) is 6.54 Å². The number of aryl methyl sites for hydroxylation is 2.